The molecule has 1 aromatic heterocycles. The minimum atomic E-state index is -4.67. The maximum Gasteiger partial charge on any atom is 0.449 e. The van der Waals surface area contributed by atoms with Crippen molar-refractivity contribution in [3.63, 3.8) is 0 Å². The van der Waals surface area contributed by atoms with Crippen LogP contribution >= 0.6 is 0 Å². The highest BCUT2D eigenvalue weighted by molar-refractivity contribution is 5.89. The number of amides is 1. The molecule has 3 rings (SSSR count). The third-order valence-corrected chi connectivity index (χ3v) is 3.72. The summed E-state index contributed by atoms with van der Waals surface area (Å²) in [6, 6.07) is 4.49. The zero-order valence-electron chi connectivity index (χ0n) is 12.1. The summed E-state index contributed by atoms with van der Waals surface area (Å²) in [4.78, 5) is 17.4. The number of aromatic nitrogens is 2. The maximum absolute atomic E-state index is 13.2. The Morgan fingerprint density at radius 1 is 1.30 bits per heavy atom. The molecule has 0 unspecified atom stereocenters. The van der Waals surface area contributed by atoms with Crippen molar-refractivity contribution in [1.82, 2.24) is 14.5 Å². The van der Waals surface area contributed by atoms with Crippen molar-refractivity contribution in [2.75, 3.05) is 32.0 Å². The number of hydrogen-bond donors (Lipinski definition) is 1. The predicted molar refractivity (Wildman–Crippen MR) is 76.5 cm³/mol. The lowest BCUT2D eigenvalue weighted by molar-refractivity contribution is -0.148. The van der Waals surface area contributed by atoms with Gasteiger partial charge in [-0.1, -0.05) is 6.07 Å². The summed E-state index contributed by atoms with van der Waals surface area (Å²) in [6.07, 6.45) is -4.67. The van der Waals surface area contributed by atoms with Gasteiger partial charge in [-0.3, -0.25) is 4.79 Å². The summed E-state index contributed by atoms with van der Waals surface area (Å²) < 4.78 is 45.7. The van der Waals surface area contributed by atoms with E-state index in [4.69, 9.17) is 10.5 Å². The average Bonchev–Trinajstić information content (AvgIpc) is 2.88. The van der Waals surface area contributed by atoms with Crippen LogP contribution in [0, 0.1) is 0 Å². The van der Waals surface area contributed by atoms with Crippen LogP contribution in [0.4, 0.5) is 18.9 Å². The average molecular weight is 328 g/mol. The normalized spacial score (nSPS) is 16.0. The number of nitrogens with two attached hydrogens (primary N) is 1. The summed E-state index contributed by atoms with van der Waals surface area (Å²) in [5.74, 6) is -1.52. The zero-order valence-corrected chi connectivity index (χ0v) is 12.1. The van der Waals surface area contributed by atoms with Crippen LogP contribution in [0.5, 0.6) is 0 Å². The van der Waals surface area contributed by atoms with Crippen LogP contribution in [-0.4, -0.2) is 46.7 Å². The van der Waals surface area contributed by atoms with Crippen LogP contribution in [0.2, 0.25) is 0 Å². The monoisotopic (exact) mass is 328 g/mol. The summed E-state index contributed by atoms with van der Waals surface area (Å²) in [5.41, 5.74) is 6.09. The van der Waals surface area contributed by atoms with Gasteiger partial charge in [-0.2, -0.15) is 13.2 Å². The number of para-hydroxylation sites is 1. The van der Waals surface area contributed by atoms with E-state index in [1.807, 2.05) is 0 Å². The molecule has 0 spiro atoms. The Balaban J connectivity index is 2.01. The highest BCUT2D eigenvalue weighted by atomic mass is 19.4. The number of halogens is 3. The van der Waals surface area contributed by atoms with E-state index >= 15 is 0 Å². The third-order valence-electron chi connectivity index (χ3n) is 3.72. The van der Waals surface area contributed by atoms with Gasteiger partial charge < -0.3 is 19.9 Å². The van der Waals surface area contributed by atoms with Crippen LogP contribution in [0.1, 0.15) is 5.82 Å². The number of carbonyl (C=O) groups excluding carboxylic acids is 1. The Bertz CT molecular complexity index is 735. The molecule has 1 saturated heterocycles. The summed E-state index contributed by atoms with van der Waals surface area (Å²) >= 11 is 0. The fraction of sp³-hybridized carbons (Fsp3) is 0.429. The van der Waals surface area contributed by atoms with E-state index in [1.54, 1.807) is 0 Å². The van der Waals surface area contributed by atoms with E-state index in [2.05, 4.69) is 4.98 Å². The van der Waals surface area contributed by atoms with Crippen molar-refractivity contribution in [3.05, 3.63) is 24.0 Å². The van der Waals surface area contributed by atoms with E-state index in [0.717, 1.165) is 4.57 Å². The molecule has 9 heteroatoms. The molecule has 1 amide bonds. The molecule has 1 fully saturated rings. The Morgan fingerprint density at radius 3 is 2.65 bits per heavy atom. The second-order valence-corrected chi connectivity index (χ2v) is 5.23. The van der Waals surface area contributed by atoms with E-state index in [-0.39, 0.29) is 16.7 Å². The minimum Gasteiger partial charge on any atom is -0.397 e. The van der Waals surface area contributed by atoms with Crippen LogP contribution in [0.25, 0.3) is 11.0 Å². The molecule has 124 valence electrons. The van der Waals surface area contributed by atoms with Crippen molar-refractivity contribution >= 4 is 22.6 Å². The molecule has 1 aliphatic rings. The number of nitrogen functional groups attached to an aromatic ring is 1. The molecule has 0 aliphatic carbocycles. The molecule has 2 aromatic rings. The molecule has 0 atom stereocenters. The first-order valence-electron chi connectivity index (χ1n) is 7.05. The number of benzene rings is 1. The van der Waals surface area contributed by atoms with Gasteiger partial charge in [0.05, 0.1) is 24.4 Å². The van der Waals surface area contributed by atoms with Crippen molar-refractivity contribution < 1.29 is 22.7 Å². The summed E-state index contributed by atoms with van der Waals surface area (Å²) in [6.45, 7) is 1.07. The molecule has 23 heavy (non-hydrogen) atoms. The minimum absolute atomic E-state index is 0.0506. The maximum atomic E-state index is 13.2. The number of imidazole rings is 1. The zero-order chi connectivity index (χ0) is 16.6. The molecular weight excluding hydrogens is 313 g/mol. The number of ether oxygens (including phenoxy) is 1. The molecule has 2 heterocycles. The van der Waals surface area contributed by atoms with Gasteiger partial charge in [0.1, 0.15) is 12.1 Å². The topological polar surface area (TPSA) is 73.4 Å². The van der Waals surface area contributed by atoms with Crippen molar-refractivity contribution in [2.45, 2.75) is 12.7 Å². The first kappa shape index (κ1) is 15.6. The van der Waals surface area contributed by atoms with Gasteiger partial charge in [-0.25, -0.2) is 4.98 Å². The highest BCUT2D eigenvalue weighted by Gasteiger charge is 2.38. The predicted octanol–water partition coefficient (Wildman–Crippen LogP) is 1.50. The fourth-order valence-electron chi connectivity index (χ4n) is 2.59. The quantitative estimate of drug-likeness (QED) is 0.848. The number of fused-ring (bicyclic) bond motifs is 1. The van der Waals surface area contributed by atoms with Gasteiger partial charge in [0.25, 0.3) is 0 Å². The number of rotatable bonds is 2. The Kier molecular flexibility index (Phi) is 3.88. The molecule has 0 saturated carbocycles. The van der Waals surface area contributed by atoms with E-state index in [0.29, 0.717) is 26.3 Å². The molecule has 1 aromatic carbocycles. The Labute approximate surface area is 129 Å². The number of anilines is 1. The smallest absolute Gasteiger partial charge is 0.397 e. The lowest BCUT2D eigenvalue weighted by atomic mass is 10.2. The molecule has 0 bridgehead atoms. The number of nitrogens with zero attached hydrogens (tertiary/aromatic N) is 3. The highest BCUT2D eigenvalue weighted by Crippen LogP contribution is 2.33. The molecular formula is C14H15F3N4O2. The van der Waals surface area contributed by atoms with Gasteiger partial charge in [-0.15, -0.1) is 0 Å². The van der Waals surface area contributed by atoms with Crippen LogP contribution in [-0.2, 0) is 22.3 Å². The number of alkyl halides is 3. The number of hydrogen-bond acceptors (Lipinski definition) is 4. The summed E-state index contributed by atoms with van der Waals surface area (Å²) in [5, 5.41) is 0. The molecule has 2 N–H and O–H groups in total. The largest absolute Gasteiger partial charge is 0.449 e. The van der Waals surface area contributed by atoms with Crippen molar-refractivity contribution in [2.24, 2.45) is 0 Å². The molecule has 6 nitrogen and oxygen atoms in total. The lowest BCUT2D eigenvalue weighted by Crippen LogP contribution is -2.42. The Hall–Kier alpha value is -2.29. The first-order valence-corrected chi connectivity index (χ1v) is 7.05. The second kappa shape index (κ2) is 5.73. The SMILES string of the molecule is Nc1cccc2c1nc(C(F)(F)F)n2CC(=O)N1CCOCC1. The van der Waals surface area contributed by atoms with Gasteiger partial charge in [0, 0.05) is 13.1 Å². The Morgan fingerprint density at radius 2 is 2.00 bits per heavy atom. The standard InChI is InChI=1S/C14H15F3N4O2/c15-14(16,17)13-19-12-9(18)2-1-3-10(12)21(13)8-11(22)20-4-6-23-7-5-20/h1-3H,4-8,18H2. The first-order chi connectivity index (χ1) is 10.9. The second-order valence-electron chi connectivity index (χ2n) is 5.23. The molecule has 1 aliphatic heterocycles. The molecule has 0 radical (unpaired) electrons. The van der Waals surface area contributed by atoms with Gasteiger partial charge in [-0.05, 0) is 12.1 Å². The van der Waals surface area contributed by atoms with E-state index < -0.39 is 24.5 Å². The van der Waals surface area contributed by atoms with Crippen molar-refractivity contribution in [1.29, 1.82) is 0 Å². The van der Waals surface area contributed by atoms with Gasteiger partial charge in [0.2, 0.25) is 11.7 Å². The van der Waals surface area contributed by atoms with E-state index in [1.165, 1.54) is 23.1 Å². The van der Waals surface area contributed by atoms with E-state index in [9.17, 15) is 18.0 Å². The third kappa shape index (κ3) is 2.96. The van der Waals surface area contributed by atoms with Crippen molar-refractivity contribution in [3.8, 4) is 0 Å². The number of carbonyl (C=O) groups is 1. The lowest BCUT2D eigenvalue weighted by Gasteiger charge is -2.27. The van der Waals surface area contributed by atoms with Gasteiger partial charge >= 0.3 is 6.18 Å². The fourth-order valence-corrected chi connectivity index (χ4v) is 2.59. The summed E-state index contributed by atoms with van der Waals surface area (Å²) in [7, 11) is 0. The van der Waals surface area contributed by atoms with Crippen LogP contribution < -0.4 is 5.73 Å². The van der Waals surface area contributed by atoms with Crippen LogP contribution in [0.15, 0.2) is 18.2 Å². The van der Waals surface area contributed by atoms with Crippen LogP contribution in [0.3, 0.4) is 0 Å². The number of morpholine rings is 1. The van der Waals surface area contributed by atoms with Gasteiger partial charge in [0.15, 0.2) is 0 Å².